The van der Waals surface area contributed by atoms with E-state index in [0.29, 0.717) is 0 Å². The van der Waals surface area contributed by atoms with Crippen molar-refractivity contribution in [1.82, 2.24) is 4.31 Å². The zero-order valence-electron chi connectivity index (χ0n) is 10.2. The van der Waals surface area contributed by atoms with Crippen molar-refractivity contribution < 1.29 is 18.1 Å². The number of para-hydroxylation sites is 1. The molecular weight excluding hydrogens is 308 g/mol. The molecule has 2 rings (SSSR count). The largest absolute Gasteiger partial charge is 0.297 e. The minimum atomic E-state index is -4.08. The first-order valence-electron chi connectivity index (χ1n) is 5.74. The Morgan fingerprint density at radius 3 is 2.60 bits per heavy atom. The number of alkyl halides is 1. The number of sulfonamides is 1. The predicted molar refractivity (Wildman–Crippen MR) is 71.1 cm³/mol. The van der Waals surface area contributed by atoms with E-state index in [1.165, 1.54) is 12.1 Å². The van der Waals surface area contributed by atoms with E-state index in [2.05, 4.69) is 0 Å². The standard InChI is InChI=1S/C11H11ClN2O5S/c12-8-5-6-13(7-10(8)15)20(18,19)11-4-2-1-3-9(11)14(16)17/h1-4,8H,5-7H2. The van der Waals surface area contributed by atoms with Crippen molar-refractivity contribution in [1.29, 1.82) is 0 Å². The van der Waals surface area contributed by atoms with Crippen LogP contribution < -0.4 is 0 Å². The van der Waals surface area contributed by atoms with Gasteiger partial charge in [-0.05, 0) is 12.5 Å². The number of halogens is 1. The zero-order valence-corrected chi connectivity index (χ0v) is 11.8. The molecule has 0 amide bonds. The molecule has 1 saturated heterocycles. The highest BCUT2D eigenvalue weighted by Crippen LogP contribution is 2.28. The number of carbonyl (C=O) groups is 1. The Bertz CT molecular complexity index is 661. The molecule has 0 aromatic heterocycles. The van der Waals surface area contributed by atoms with Gasteiger partial charge in [-0.1, -0.05) is 12.1 Å². The van der Waals surface area contributed by atoms with Crippen molar-refractivity contribution in [3.8, 4) is 0 Å². The van der Waals surface area contributed by atoms with Crippen LogP contribution in [-0.4, -0.2) is 41.9 Å². The number of hydrogen-bond donors (Lipinski definition) is 0. The summed E-state index contributed by atoms with van der Waals surface area (Å²) in [4.78, 5) is 21.3. The molecule has 0 bridgehead atoms. The van der Waals surface area contributed by atoms with Gasteiger partial charge >= 0.3 is 0 Å². The maximum atomic E-state index is 12.4. The van der Waals surface area contributed by atoms with Gasteiger partial charge < -0.3 is 0 Å². The third-order valence-corrected chi connectivity index (χ3v) is 5.35. The Kier molecular flexibility index (Phi) is 4.07. The van der Waals surface area contributed by atoms with E-state index < -0.39 is 36.7 Å². The van der Waals surface area contributed by atoms with Crippen LogP contribution in [0.15, 0.2) is 29.2 Å². The van der Waals surface area contributed by atoms with Gasteiger partial charge in [0, 0.05) is 12.6 Å². The Hall–Kier alpha value is -1.51. The fraction of sp³-hybridized carbons (Fsp3) is 0.364. The van der Waals surface area contributed by atoms with E-state index in [1.807, 2.05) is 0 Å². The second kappa shape index (κ2) is 5.47. The summed E-state index contributed by atoms with van der Waals surface area (Å²) in [6, 6.07) is 5.05. The van der Waals surface area contributed by atoms with Crippen molar-refractivity contribution in [2.45, 2.75) is 16.7 Å². The molecule has 20 heavy (non-hydrogen) atoms. The SMILES string of the molecule is O=C1CN(S(=O)(=O)c2ccccc2[N+](=O)[O-])CCC1Cl. The maximum Gasteiger partial charge on any atom is 0.289 e. The maximum absolute atomic E-state index is 12.4. The van der Waals surface area contributed by atoms with Gasteiger partial charge in [-0.2, -0.15) is 4.31 Å². The van der Waals surface area contributed by atoms with E-state index in [-0.39, 0.29) is 19.5 Å². The third-order valence-electron chi connectivity index (χ3n) is 2.99. The first kappa shape index (κ1) is 14.9. The van der Waals surface area contributed by atoms with Gasteiger partial charge in [-0.25, -0.2) is 8.42 Å². The Morgan fingerprint density at radius 1 is 1.35 bits per heavy atom. The molecule has 0 saturated carbocycles. The summed E-state index contributed by atoms with van der Waals surface area (Å²) in [5.74, 6) is -0.403. The molecule has 9 heteroatoms. The van der Waals surface area contributed by atoms with Crippen LogP contribution in [0.25, 0.3) is 0 Å². The van der Waals surface area contributed by atoms with E-state index in [9.17, 15) is 23.3 Å². The monoisotopic (exact) mass is 318 g/mol. The molecule has 1 fully saturated rings. The average Bonchev–Trinajstić information content (AvgIpc) is 2.41. The fourth-order valence-corrected chi connectivity index (χ4v) is 3.69. The van der Waals surface area contributed by atoms with Crippen molar-refractivity contribution in [3.05, 3.63) is 34.4 Å². The van der Waals surface area contributed by atoms with Gasteiger partial charge in [0.25, 0.3) is 5.69 Å². The number of Topliss-reactive ketones (excluding diaryl/α,β-unsaturated/α-hetero) is 1. The molecule has 1 atom stereocenters. The van der Waals surface area contributed by atoms with Crippen molar-refractivity contribution in [2.24, 2.45) is 0 Å². The molecule has 1 aromatic carbocycles. The van der Waals surface area contributed by atoms with Crippen molar-refractivity contribution >= 4 is 33.1 Å². The molecule has 7 nitrogen and oxygen atoms in total. The van der Waals surface area contributed by atoms with Crippen LogP contribution in [-0.2, 0) is 14.8 Å². The summed E-state index contributed by atoms with van der Waals surface area (Å²) in [5.41, 5.74) is -0.507. The van der Waals surface area contributed by atoms with Gasteiger partial charge in [0.1, 0.15) is 0 Å². The molecule has 1 aliphatic heterocycles. The molecule has 1 aromatic rings. The smallest absolute Gasteiger partial charge is 0.289 e. The van der Waals surface area contributed by atoms with Crippen molar-refractivity contribution in [3.63, 3.8) is 0 Å². The summed E-state index contributed by atoms with van der Waals surface area (Å²) in [7, 11) is -4.08. The lowest BCUT2D eigenvalue weighted by molar-refractivity contribution is -0.387. The van der Waals surface area contributed by atoms with E-state index in [1.54, 1.807) is 0 Å². The highest BCUT2D eigenvalue weighted by atomic mass is 35.5. The number of rotatable bonds is 3. The van der Waals surface area contributed by atoms with Crippen LogP contribution in [0.3, 0.4) is 0 Å². The lowest BCUT2D eigenvalue weighted by Crippen LogP contribution is -2.44. The molecule has 1 aliphatic rings. The number of ketones is 1. The topological polar surface area (TPSA) is 97.6 Å². The number of nitrogens with zero attached hydrogens (tertiary/aromatic N) is 2. The third kappa shape index (κ3) is 2.67. The number of nitro benzene ring substituents is 1. The quantitative estimate of drug-likeness (QED) is 0.473. The fourth-order valence-electron chi connectivity index (χ4n) is 1.94. The summed E-state index contributed by atoms with van der Waals surface area (Å²) < 4.78 is 25.7. The first-order valence-corrected chi connectivity index (χ1v) is 7.62. The minimum Gasteiger partial charge on any atom is -0.297 e. The molecule has 0 aliphatic carbocycles. The van der Waals surface area contributed by atoms with Gasteiger partial charge in [0.2, 0.25) is 10.0 Å². The van der Waals surface area contributed by atoms with Gasteiger partial charge in [0.05, 0.1) is 16.8 Å². The molecular formula is C11H11ClN2O5S. The lowest BCUT2D eigenvalue weighted by atomic mass is 10.1. The van der Waals surface area contributed by atoms with E-state index >= 15 is 0 Å². The van der Waals surface area contributed by atoms with Crippen LogP contribution >= 0.6 is 11.6 Å². The van der Waals surface area contributed by atoms with E-state index in [0.717, 1.165) is 16.4 Å². The summed E-state index contributed by atoms with van der Waals surface area (Å²) >= 11 is 5.73. The molecule has 1 heterocycles. The lowest BCUT2D eigenvalue weighted by Gasteiger charge is -2.27. The Morgan fingerprint density at radius 2 is 2.00 bits per heavy atom. The van der Waals surface area contributed by atoms with Crippen molar-refractivity contribution in [2.75, 3.05) is 13.1 Å². The minimum absolute atomic E-state index is 0.0638. The number of nitro groups is 1. The van der Waals surface area contributed by atoms with Gasteiger partial charge in [-0.3, -0.25) is 14.9 Å². The van der Waals surface area contributed by atoms with Crippen LogP contribution in [0.5, 0.6) is 0 Å². The molecule has 0 spiro atoms. The molecule has 108 valence electrons. The highest BCUT2D eigenvalue weighted by molar-refractivity contribution is 7.89. The molecule has 0 N–H and O–H groups in total. The Labute approximate surface area is 120 Å². The molecule has 1 unspecified atom stereocenters. The first-order chi connectivity index (χ1) is 9.34. The van der Waals surface area contributed by atoms with E-state index in [4.69, 9.17) is 11.6 Å². The predicted octanol–water partition coefficient (Wildman–Crippen LogP) is 1.17. The second-order valence-electron chi connectivity index (χ2n) is 4.29. The van der Waals surface area contributed by atoms with Crippen LogP contribution in [0.1, 0.15) is 6.42 Å². The van der Waals surface area contributed by atoms with Crippen LogP contribution in [0.4, 0.5) is 5.69 Å². The average molecular weight is 319 g/mol. The summed E-state index contributed by atoms with van der Waals surface area (Å²) in [6.45, 7) is -0.295. The number of benzene rings is 1. The highest BCUT2D eigenvalue weighted by Gasteiger charge is 2.36. The second-order valence-corrected chi connectivity index (χ2v) is 6.72. The number of hydrogen-bond acceptors (Lipinski definition) is 5. The zero-order chi connectivity index (χ0) is 14.9. The summed E-state index contributed by atoms with van der Waals surface area (Å²) in [5, 5.41) is 10.2. The van der Waals surface area contributed by atoms with Crippen LogP contribution in [0.2, 0.25) is 0 Å². The normalized spacial score (nSPS) is 20.9. The van der Waals surface area contributed by atoms with Gasteiger partial charge in [0.15, 0.2) is 10.7 Å². The summed E-state index contributed by atoms with van der Waals surface area (Å²) in [6.07, 6.45) is 0.195. The van der Waals surface area contributed by atoms with Gasteiger partial charge in [-0.15, -0.1) is 11.6 Å². The number of carbonyl (C=O) groups excluding carboxylic acids is 1. The van der Waals surface area contributed by atoms with Crippen LogP contribution in [0, 0.1) is 10.1 Å². The molecule has 0 radical (unpaired) electrons. The Balaban J connectivity index is 2.41. The number of piperidine rings is 1.